The zero-order chi connectivity index (χ0) is 19.0. The summed E-state index contributed by atoms with van der Waals surface area (Å²) in [6, 6.07) is 17.1. The van der Waals surface area contributed by atoms with Crippen LogP contribution in [-0.2, 0) is 6.54 Å². The van der Waals surface area contributed by atoms with Crippen LogP contribution in [0, 0.1) is 6.92 Å². The molecule has 6 nitrogen and oxygen atoms in total. The molecule has 6 heteroatoms. The Morgan fingerprint density at radius 1 is 1.07 bits per heavy atom. The molecule has 0 saturated carbocycles. The van der Waals surface area contributed by atoms with Gasteiger partial charge in [0.05, 0.1) is 12.2 Å². The van der Waals surface area contributed by atoms with Gasteiger partial charge in [-0.15, -0.1) is 0 Å². The summed E-state index contributed by atoms with van der Waals surface area (Å²) in [7, 11) is 0. The zero-order valence-corrected chi connectivity index (χ0v) is 14.6. The molecule has 0 aliphatic heterocycles. The number of hydrogen-bond donors (Lipinski definition) is 2. The van der Waals surface area contributed by atoms with Crippen molar-refractivity contribution in [2.75, 3.05) is 0 Å². The number of imidazole rings is 1. The van der Waals surface area contributed by atoms with Gasteiger partial charge in [0, 0.05) is 17.8 Å². The predicted molar refractivity (Wildman–Crippen MR) is 102 cm³/mol. The highest BCUT2D eigenvalue weighted by Gasteiger charge is 2.22. The van der Waals surface area contributed by atoms with Gasteiger partial charge in [-0.1, -0.05) is 42.5 Å². The van der Waals surface area contributed by atoms with Crippen LogP contribution in [0.25, 0.3) is 22.2 Å². The van der Waals surface area contributed by atoms with Crippen molar-refractivity contribution in [3.05, 3.63) is 77.7 Å². The van der Waals surface area contributed by atoms with Crippen molar-refractivity contribution >= 4 is 16.7 Å². The molecule has 0 unspecified atom stereocenters. The Bertz CT molecular complexity index is 1140. The number of nitrogens with zero attached hydrogens (tertiary/aromatic N) is 3. The first-order valence-corrected chi connectivity index (χ1v) is 8.47. The highest BCUT2D eigenvalue weighted by molar-refractivity contribution is 5.89. The van der Waals surface area contributed by atoms with Crippen LogP contribution in [0.15, 0.2) is 60.8 Å². The number of hydrogen-bond acceptors (Lipinski definition) is 4. The minimum atomic E-state index is -1.03. The third kappa shape index (κ3) is 3.01. The second-order valence-corrected chi connectivity index (χ2v) is 6.30. The molecule has 0 fully saturated rings. The summed E-state index contributed by atoms with van der Waals surface area (Å²) in [4.78, 5) is 20.2. The van der Waals surface area contributed by atoms with Crippen LogP contribution < -0.4 is 0 Å². The average molecular weight is 359 g/mol. The van der Waals surface area contributed by atoms with E-state index in [2.05, 4.69) is 9.97 Å². The van der Waals surface area contributed by atoms with Crippen molar-refractivity contribution in [1.29, 1.82) is 0 Å². The van der Waals surface area contributed by atoms with E-state index >= 15 is 0 Å². The first-order chi connectivity index (χ1) is 13.0. The highest BCUT2D eigenvalue weighted by Crippen LogP contribution is 2.26. The van der Waals surface area contributed by atoms with Crippen molar-refractivity contribution in [3.63, 3.8) is 0 Å². The lowest BCUT2D eigenvalue weighted by molar-refractivity contribution is 0.0685. The SMILES string of the molecule is Cc1nc(-c2ccc(O)nc2)n(Cc2cccc3ccccc23)c1C(=O)O. The molecule has 0 spiro atoms. The van der Waals surface area contributed by atoms with E-state index in [0.717, 1.165) is 16.3 Å². The molecule has 134 valence electrons. The zero-order valence-electron chi connectivity index (χ0n) is 14.6. The smallest absolute Gasteiger partial charge is 0.354 e. The number of aryl methyl sites for hydroxylation is 1. The van der Waals surface area contributed by atoms with E-state index in [1.54, 1.807) is 17.6 Å². The lowest BCUT2D eigenvalue weighted by Gasteiger charge is -2.13. The first kappa shape index (κ1) is 16.8. The molecule has 2 heterocycles. The number of aromatic hydroxyl groups is 1. The van der Waals surface area contributed by atoms with E-state index in [1.807, 2.05) is 42.5 Å². The standard InChI is InChI=1S/C21H17N3O3/c1-13-19(21(26)27)24(20(23-13)15-9-10-18(25)22-11-15)12-16-7-4-6-14-5-2-3-8-17(14)16/h2-11H,12H2,1H3,(H,22,25)(H,26,27). The monoisotopic (exact) mass is 359 g/mol. The van der Waals surface area contributed by atoms with Gasteiger partial charge in [0.15, 0.2) is 5.69 Å². The fourth-order valence-corrected chi connectivity index (χ4v) is 3.34. The number of aromatic nitrogens is 3. The summed E-state index contributed by atoms with van der Waals surface area (Å²) in [5, 5.41) is 21.3. The maximum Gasteiger partial charge on any atom is 0.354 e. The summed E-state index contributed by atoms with van der Waals surface area (Å²) in [5.74, 6) is -0.621. The molecule has 0 bridgehead atoms. The Hall–Kier alpha value is -3.67. The van der Waals surface area contributed by atoms with Gasteiger partial charge in [0.2, 0.25) is 5.88 Å². The lowest BCUT2D eigenvalue weighted by Crippen LogP contribution is -2.12. The number of carboxylic acids is 1. The van der Waals surface area contributed by atoms with Crippen LogP contribution in [0.1, 0.15) is 21.7 Å². The molecule has 27 heavy (non-hydrogen) atoms. The van der Waals surface area contributed by atoms with Gasteiger partial charge in [-0.2, -0.15) is 0 Å². The lowest BCUT2D eigenvalue weighted by atomic mass is 10.0. The van der Waals surface area contributed by atoms with Gasteiger partial charge >= 0.3 is 5.97 Å². The Labute approximate surface area is 155 Å². The first-order valence-electron chi connectivity index (χ1n) is 8.47. The summed E-state index contributed by atoms with van der Waals surface area (Å²) in [5.41, 5.74) is 2.22. The van der Waals surface area contributed by atoms with E-state index < -0.39 is 5.97 Å². The van der Waals surface area contributed by atoms with Crippen LogP contribution in [0.3, 0.4) is 0 Å². The number of carboxylic acid groups (broad SMARTS) is 1. The average Bonchev–Trinajstić information content (AvgIpc) is 2.99. The van der Waals surface area contributed by atoms with Gasteiger partial charge in [-0.3, -0.25) is 0 Å². The van der Waals surface area contributed by atoms with Crippen LogP contribution in [0.5, 0.6) is 5.88 Å². The molecule has 2 aromatic heterocycles. The molecule has 2 aromatic carbocycles. The van der Waals surface area contributed by atoms with Crippen LogP contribution in [0.2, 0.25) is 0 Å². The van der Waals surface area contributed by atoms with Crippen LogP contribution >= 0.6 is 0 Å². The summed E-state index contributed by atoms with van der Waals surface area (Å²) < 4.78 is 1.69. The molecular formula is C21H17N3O3. The maximum absolute atomic E-state index is 11.9. The highest BCUT2D eigenvalue weighted by atomic mass is 16.4. The molecule has 0 aliphatic carbocycles. The van der Waals surface area contributed by atoms with Gasteiger partial charge in [-0.25, -0.2) is 14.8 Å². The maximum atomic E-state index is 11.9. The summed E-state index contributed by atoms with van der Waals surface area (Å²) in [6.45, 7) is 2.04. The molecule has 0 radical (unpaired) electrons. The second kappa shape index (κ2) is 6.57. The molecule has 0 aliphatic rings. The minimum Gasteiger partial charge on any atom is -0.493 e. The molecule has 4 rings (SSSR count). The number of carbonyl (C=O) groups is 1. The molecule has 0 amide bonds. The Kier molecular flexibility index (Phi) is 4.08. The predicted octanol–water partition coefficient (Wildman–Crippen LogP) is 3.86. The molecule has 4 aromatic rings. The third-order valence-electron chi connectivity index (χ3n) is 4.56. The van der Waals surface area contributed by atoms with Crippen LogP contribution in [0.4, 0.5) is 0 Å². The molecule has 0 atom stereocenters. The minimum absolute atomic E-state index is 0.0962. The van der Waals surface area contributed by atoms with Gasteiger partial charge in [0.1, 0.15) is 5.82 Å². The van der Waals surface area contributed by atoms with E-state index in [4.69, 9.17) is 0 Å². The van der Waals surface area contributed by atoms with E-state index in [9.17, 15) is 15.0 Å². The molecule has 2 N–H and O–H groups in total. The fraction of sp³-hybridized carbons (Fsp3) is 0.0952. The summed E-state index contributed by atoms with van der Waals surface area (Å²) >= 11 is 0. The number of aromatic carboxylic acids is 1. The van der Waals surface area contributed by atoms with Gasteiger partial charge in [0.25, 0.3) is 0 Å². The Balaban J connectivity index is 1.90. The third-order valence-corrected chi connectivity index (χ3v) is 4.56. The van der Waals surface area contributed by atoms with E-state index in [-0.39, 0.29) is 11.6 Å². The van der Waals surface area contributed by atoms with E-state index in [0.29, 0.717) is 23.6 Å². The normalized spacial score (nSPS) is 11.0. The van der Waals surface area contributed by atoms with Gasteiger partial charge < -0.3 is 14.8 Å². The number of pyridine rings is 1. The van der Waals surface area contributed by atoms with Crippen molar-refractivity contribution in [1.82, 2.24) is 14.5 Å². The van der Waals surface area contributed by atoms with Crippen molar-refractivity contribution in [2.45, 2.75) is 13.5 Å². The molecular weight excluding hydrogens is 342 g/mol. The quantitative estimate of drug-likeness (QED) is 0.578. The number of rotatable bonds is 4. The van der Waals surface area contributed by atoms with Crippen molar-refractivity contribution < 1.29 is 15.0 Å². The fourth-order valence-electron chi connectivity index (χ4n) is 3.34. The van der Waals surface area contributed by atoms with E-state index in [1.165, 1.54) is 12.3 Å². The largest absolute Gasteiger partial charge is 0.493 e. The topological polar surface area (TPSA) is 88.2 Å². The number of benzene rings is 2. The summed E-state index contributed by atoms with van der Waals surface area (Å²) in [6.07, 6.45) is 1.49. The second-order valence-electron chi connectivity index (χ2n) is 6.30. The van der Waals surface area contributed by atoms with Gasteiger partial charge in [-0.05, 0) is 29.3 Å². The Morgan fingerprint density at radius 2 is 1.85 bits per heavy atom. The van der Waals surface area contributed by atoms with Crippen molar-refractivity contribution in [3.8, 4) is 17.3 Å². The Morgan fingerprint density at radius 3 is 2.59 bits per heavy atom. The van der Waals surface area contributed by atoms with Crippen LogP contribution in [-0.4, -0.2) is 30.7 Å². The number of fused-ring (bicyclic) bond motifs is 1. The van der Waals surface area contributed by atoms with Crippen molar-refractivity contribution in [2.24, 2.45) is 0 Å². The molecule has 0 saturated heterocycles.